The van der Waals surface area contributed by atoms with E-state index in [1.165, 1.54) is 11.1 Å². The summed E-state index contributed by atoms with van der Waals surface area (Å²) >= 11 is 0. The average Bonchev–Trinajstić information content (AvgIpc) is 2.46. The molecule has 1 aromatic rings. The minimum absolute atomic E-state index is 0.322. The summed E-state index contributed by atoms with van der Waals surface area (Å²) in [6.07, 6.45) is 6.48. The minimum atomic E-state index is 0.322. The Labute approximate surface area is 116 Å². The van der Waals surface area contributed by atoms with Crippen molar-refractivity contribution in [3.8, 4) is 0 Å². The molecule has 1 heterocycles. The van der Waals surface area contributed by atoms with Gasteiger partial charge in [0.25, 0.3) is 0 Å². The van der Waals surface area contributed by atoms with Crippen LogP contribution in [0.25, 0.3) is 0 Å². The first-order valence-electron chi connectivity index (χ1n) is 7.30. The predicted octanol–water partition coefficient (Wildman–Crippen LogP) is 4.15. The first kappa shape index (κ1) is 14.1. The molecule has 2 atom stereocenters. The number of benzene rings is 1. The maximum absolute atomic E-state index is 5.57. The lowest BCUT2D eigenvalue weighted by Crippen LogP contribution is -2.31. The molecule has 1 N–H and O–H groups in total. The molecule has 1 aliphatic rings. The highest BCUT2D eigenvalue weighted by Gasteiger charge is 2.13. The third kappa shape index (κ3) is 4.10. The van der Waals surface area contributed by atoms with Crippen LogP contribution < -0.4 is 5.32 Å². The van der Waals surface area contributed by atoms with E-state index in [9.17, 15) is 0 Å². The molecule has 0 spiro atoms. The molecule has 1 aromatic carbocycles. The van der Waals surface area contributed by atoms with Crippen LogP contribution in [0.4, 0.5) is 0 Å². The summed E-state index contributed by atoms with van der Waals surface area (Å²) in [5, 5.41) is 3.56. The van der Waals surface area contributed by atoms with Crippen LogP contribution in [0.2, 0.25) is 0 Å². The van der Waals surface area contributed by atoms with E-state index in [-0.39, 0.29) is 0 Å². The van der Waals surface area contributed by atoms with Crippen LogP contribution in [-0.4, -0.2) is 12.6 Å². The van der Waals surface area contributed by atoms with Gasteiger partial charge in [0.1, 0.15) is 6.10 Å². The summed E-state index contributed by atoms with van der Waals surface area (Å²) < 4.78 is 5.57. The molecular weight excluding hydrogens is 234 g/mol. The fourth-order valence-corrected chi connectivity index (χ4v) is 2.33. The highest BCUT2D eigenvalue weighted by atomic mass is 16.5. The summed E-state index contributed by atoms with van der Waals surface area (Å²) in [6.45, 7) is 7.58. The summed E-state index contributed by atoms with van der Waals surface area (Å²) in [5.41, 5.74) is 2.74. The molecule has 0 saturated heterocycles. The quantitative estimate of drug-likeness (QED) is 0.857. The third-order valence-corrected chi connectivity index (χ3v) is 3.78. The van der Waals surface area contributed by atoms with Gasteiger partial charge in [0, 0.05) is 12.6 Å². The van der Waals surface area contributed by atoms with Crippen LogP contribution in [0, 0.1) is 0 Å². The molecule has 0 radical (unpaired) electrons. The van der Waals surface area contributed by atoms with E-state index in [2.05, 4.69) is 56.4 Å². The van der Waals surface area contributed by atoms with Crippen molar-refractivity contribution in [3.63, 3.8) is 0 Å². The zero-order chi connectivity index (χ0) is 13.7. The zero-order valence-electron chi connectivity index (χ0n) is 12.2. The molecule has 2 heteroatoms. The van der Waals surface area contributed by atoms with Gasteiger partial charge in [-0.15, -0.1) is 0 Å². The van der Waals surface area contributed by atoms with Crippen molar-refractivity contribution in [2.75, 3.05) is 6.54 Å². The number of hydrogen-bond donors (Lipinski definition) is 1. The first-order chi connectivity index (χ1) is 9.16. The van der Waals surface area contributed by atoms with Gasteiger partial charge in [0.05, 0.1) is 6.26 Å². The minimum Gasteiger partial charge on any atom is -0.497 e. The van der Waals surface area contributed by atoms with Gasteiger partial charge in [0.2, 0.25) is 0 Å². The summed E-state index contributed by atoms with van der Waals surface area (Å²) in [4.78, 5) is 0. The lowest BCUT2D eigenvalue weighted by molar-refractivity contribution is 0.120. The van der Waals surface area contributed by atoms with E-state index < -0.39 is 0 Å². The molecule has 1 aliphatic heterocycles. The Morgan fingerprint density at radius 2 is 1.84 bits per heavy atom. The summed E-state index contributed by atoms with van der Waals surface area (Å²) in [5.74, 6) is 0.597. The standard InChI is InChI=1S/C17H25NO/c1-13(2)15-7-9-16(10-8-15)14(3)18-12-17-6-4-5-11-19-17/h5,7-11,13-14,17-18H,4,6,12H2,1-3H3. The van der Waals surface area contributed by atoms with E-state index in [0.29, 0.717) is 18.1 Å². The number of hydrogen-bond acceptors (Lipinski definition) is 2. The Balaban J connectivity index is 1.85. The fourth-order valence-electron chi connectivity index (χ4n) is 2.33. The van der Waals surface area contributed by atoms with Crippen molar-refractivity contribution in [3.05, 3.63) is 47.7 Å². The molecule has 19 heavy (non-hydrogen) atoms. The van der Waals surface area contributed by atoms with Crippen molar-refractivity contribution in [1.82, 2.24) is 5.32 Å². The van der Waals surface area contributed by atoms with Crippen LogP contribution in [0.15, 0.2) is 36.6 Å². The monoisotopic (exact) mass is 259 g/mol. The maximum Gasteiger partial charge on any atom is 0.110 e. The predicted molar refractivity (Wildman–Crippen MR) is 80.2 cm³/mol. The van der Waals surface area contributed by atoms with Crippen LogP contribution in [0.5, 0.6) is 0 Å². The molecule has 104 valence electrons. The third-order valence-electron chi connectivity index (χ3n) is 3.78. The van der Waals surface area contributed by atoms with Gasteiger partial charge in [-0.3, -0.25) is 0 Å². The Kier molecular flexibility index (Phi) is 5.03. The molecule has 0 fully saturated rings. The van der Waals surface area contributed by atoms with Gasteiger partial charge in [-0.1, -0.05) is 38.1 Å². The van der Waals surface area contributed by atoms with Crippen molar-refractivity contribution in [2.24, 2.45) is 0 Å². The fraction of sp³-hybridized carbons (Fsp3) is 0.529. The normalized spacial score (nSPS) is 20.3. The van der Waals surface area contributed by atoms with Gasteiger partial charge in [0.15, 0.2) is 0 Å². The van der Waals surface area contributed by atoms with E-state index in [4.69, 9.17) is 4.74 Å². The Morgan fingerprint density at radius 3 is 2.42 bits per heavy atom. The van der Waals surface area contributed by atoms with Gasteiger partial charge in [-0.2, -0.15) is 0 Å². The second-order valence-corrected chi connectivity index (χ2v) is 5.66. The largest absolute Gasteiger partial charge is 0.497 e. The van der Waals surface area contributed by atoms with Crippen molar-refractivity contribution < 1.29 is 4.74 Å². The number of allylic oxidation sites excluding steroid dienone is 1. The molecule has 0 saturated carbocycles. The molecule has 2 rings (SSSR count). The second kappa shape index (κ2) is 6.76. The topological polar surface area (TPSA) is 21.3 Å². The van der Waals surface area contributed by atoms with Crippen molar-refractivity contribution >= 4 is 0 Å². The maximum atomic E-state index is 5.57. The Bertz CT molecular complexity index is 408. The number of rotatable bonds is 5. The highest BCUT2D eigenvalue weighted by Crippen LogP contribution is 2.19. The van der Waals surface area contributed by atoms with Crippen LogP contribution >= 0.6 is 0 Å². The summed E-state index contributed by atoms with van der Waals surface area (Å²) in [7, 11) is 0. The van der Waals surface area contributed by atoms with E-state index >= 15 is 0 Å². The Hall–Kier alpha value is -1.28. The van der Waals surface area contributed by atoms with Crippen LogP contribution in [0.3, 0.4) is 0 Å². The highest BCUT2D eigenvalue weighted by molar-refractivity contribution is 5.26. The molecule has 2 nitrogen and oxygen atoms in total. The van der Waals surface area contributed by atoms with Crippen molar-refractivity contribution in [2.45, 2.75) is 51.7 Å². The molecular formula is C17H25NO. The van der Waals surface area contributed by atoms with E-state index in [1.807, 2.05) is 6.26 Å². The smallest absolute Gasteiger partial charge is 0.110 e. The molecule has 0 aromatic heterocycles. The molecule has 0 amide bonds. The van der Waals surface area contributed by atoms with Gasteiger partial charge < -0.3 is 10.1 Å². The Morgan fingerprint density at radius 1 is 1.16 bits per heavy atom. The lowest BCUT2D eigenvalue weighted by Gasteiger charge is -2.22. The van der Waals surface area contributed by atoms with E-state index in [0.717, 1.165) is 19.4 Å². The lowest BCUT2D eigenvalue weighted by atomic mass is 9.99. The second-order valence-electron chi connectivity index (χ2n) is 5.66. The zero-order valence-corrected chi connectivity index (χ0v) is 12.2. The first-order valence-corrected chi connectivity index (χ1v) is 7.30. The van der Waals surface area contributed by atoms with E-state index in [1.54, 1.807) is 0 Å². The number of ether oxygens (including phenoxy) is 1. The number of nitrogens with one attached hydrogen (secondary N) is 1. The van der Waals surface area contributed by atoms with Gasteiger partial charge in [-0.25, -0.2) is 0 Å². The SMILES string of the molecule is CC(C)c1ccc(C(C)NCC2CCC=CO2)cc1. The molecule has 0 bridgehead atoms. The average molecular weight is 259 g/mol. The molecule has 2 unspecified atom stereocenters. The van der Waals surface area contributed by atoms with Gasteiger partial charge in [-0.05, 0) is 42.9 Å². The van der Waals surface area contributed by atoms with Crippen LogP contribution in [0.1, 0.15) is 56.7 Å². The van der Waals surface area contributed by atoms with Crippen molar-refractivity contribution in [1.29, 1.82) is 0 Å². The molecule has 0 aliphatic carbocycles. The van der Waals surface area contributed by atoms with Crippen LogP contribution in [-0.2, 0) is 4.74 Å². The summed E-state index contributed by atoms with van der Waals surface area (Å²) in [6, 6.07) is 9.30. The van der Waals surface area contributed by atoms with Gasteiger partial charge >= 0.3 is 0 Å².